The first-order chi connectivity index (χ1) is 10.7. The maximum absolute atomic E-state index is 5.04. The second kappa shape index (κ2) is 8.14. The predicted octanol–water partition coefficient (Wildman–Crippen LogP) is 1.47. The minimum absolute atomic E-state index is 0.489. The summed E-state index contributed by atoms with van der Waals surface area (Å²) < 4.78 is 5.04. The Bertz CT molecular complexity index is 573. The van der Waals surface area contributed by atoms with Gasteiger partial charge < -0.3 is 20.3 Å². The monoisotopic (exact) mass is 302 g/mol. The van der Waals surface area contributed by atoms with E-state index < -0.39 is 0 Å². The van der Waals surface area contributed by atoms with Crippen molar-refractivity contribution in [2.24, 2.45) is 0 Å². The van der Waals surface area contributed by atoms with Crippen LogP contribution in [0.4, 0.5) is 11.6 Å². The third-order valence-corrected chi connectivity index (χ3v) is 2.99. The zero-order valence-corrected chi connectivity index (χ0v) is 13.2. The van der Waals surface area contributed by atoms with Crippen LogP contribution in [0.15, 0.2) is 30.7 Å². The van der Waals surface area contributed by atoms with Crippen LogP contribution in [0, 0.1) is 0 Å². The summed E-state index contributed by atoms with van der Waals surface area (Å²) >= 11 is 0. The fraction of sp³-hybridized carbons (Fsp3) is 0.400. The molecule has 0 aliphatic carbocycles. The van der Waals surface area contributed by atoms with Crippen molar-refractivity contribution in [3.05, 3.63) is 36.3 Å². The van der Waals surface area contributed by atoms with Crippen LogP contribution in [0.3, 0.4) is 0 Å². The number of hydrogen-bond donors (Lipinski definition) is 2. The Hall–Kier alpha value is -2.41. The van der Waals surface area contributed by atoms with Gasteiger partial charge in [0.2, 0.25) is 5.88 Å². The Balaban J connectivity index is 1.83. The van der Waals surface area contributed by atoms with Gasteiger partial charge in [-0.3, -0.25) is 4.98 Å². The van der Waals surface area contributed by atoms with Gasteiger partial charge in [-0.05, 0) is 25.7 Å². The fourth-order valence-electron chi connectivity index (χ4n) is 1.77. The van der Waals surface area contributed by atoms with Crippen LogP contribution in [0.5, 0.6) is 5.88 Å². The zero-order chi connectivity index (χ0) is 15.8. The number of nitrogens with one attached hydrogen (secondary N) is 2. The van der Waals surface area contributed by atoms with Gasteiger partial charge in [-0.25, -0.2) is 4.98 Å². The Morgan fingerprint density at radius 3 is 2.64 bits per heavy atom. The quantitative estimate of drug-likeness (QED) is 0.764. The van der Waals surface area contributed by atoms with Gasteiger partial charge in [-0.1, -0.05) is 6.07 Å². The first-order valence-electron chi connectivity index (χ1n) is 7.11. The lowest BCUT2D eigenvalue weighted by atomic mass is 10.3. The average Bonchev–Trinajstić information content (AvgIpc) is 2.54. The van der Waals surface area contributed by atoms with E-state index in [-0.39, 0.29) is 0 Å². The van der Waals surface area contributed by atoms with E-state index in [0.29, 0.717) is 18.2 Å². The average molecular weight is 302 g/mol. The maximum atomic E-state index is 5.04. The third-order valence-electron chi connectivity index (χ3n) is 2.99. The van der Waals surface area contributed by atoms with Crippen molar-refractivity contribution in [1.29, 1.82) is 0 Å². The molecule has 22 heavy (non-hydrogen) atoms. The van der Waals surface area contributed by atoms with Gasteiger partial charge in [-0.2, -0.15) is 4.98 Å². The number of rotatable bonds is 8. The molecule has 0 fully saturated rings. The van der Waals surface area contributed by atoms with Crippen molar-refractivity contribution in [1.82, 2.24) is 19.9 Å². The first-order valence-corrected chi connectivity index (χ1v) is 7.11. The van der Waals surface area contributed by atoms with E-state index in [1.165, 1.54) is 0 Å². The summed E-state index contributed by atoms with van der Waals surface area (Å²) in [5.74, 6) is 2.04. The van der Waals surface area contributed by atoms with E-state index in [1.54, 1.807) is 19.5 Å². The molecule has 2 heterocycles. The Morgan fingerprint density at radius 2 is 1.95 bits per heavy atom. The standard InChI is InChI=1S/C15H22N6O/c1-21(2)7-6-17-13-5-4-12(8-18-13)9-19-14-10-16-11-15(20-14)22-3/h4-5,8,10-11H,6-7,9H2,1-3H3,(H,17,18)(H,19,20). The van der Waals surface area contributed by atoms with Crippen molar-refractivity contribution in [2.75, 3.05) is 44.9 Å². The predicted molar refractivity (Wildman–Crippen MR) is 87.2 cm³/mol. The molecular weight excluding hydrogens is 280 g/mol. The van der Waals surface area contributed by atoms with Gasteiger partial charge in [0, 0.05) is 25.8 Å². The zero-order valence-electron chi connectivity index (χ0n) is 13.2. The van der Waals surface area contributed by atoms with Crippen LogP contribution in [-0.2, 0) is 6.54 Å². The van der Waals surface area contributed by atoms with E-state index >= 15 is 0 Å². The SMILES string of the molecule is COc1cncc(NCc2ccc(NCCN(C)C)nc2)n1. The summed E-state index contributed by atoms with van der Waals surface area (Å²) in [6, 6.07) is 4.01. The van der Waals surface area contributed by atoms with E-state index in [1.807, 2.05) is 32.4 Å². The summed E-state index contributed by atoms with van der Waals surface area (Å²) in [5.41, 5.74) is 1.07. The van der Waals surface area contributed by atoms with Crippen molar-refractivity contribution >= 4 is 11.6 Å². The lowest BCUT2D eigenvalue weighted by Crippen LogP contribution is -2.21. The molecule has 0 saturated carbocycles. The number of hydrogen-bond acceptors (Lipinski definition) is 7. The fourth-order valence-corrected chi connectivity index (χ4v) is 1.77. The molecule has 0 amide bonds. The van der Waals surface area contributed by atoms with Gasteiger partial charge in [0.05, 0.1) is 19.5 Å². The molecule has 2 aromatic rings. The van der Waals surface area contributed by atoms with Crippen LogP contribution in [0.2, 0.25) is 0 Å². The molecule has 2 rings (SSSR count). The number of likely N-dealkylation sites (N-methyl/N-ethyl adjacent to an activating group) is 1. The number of anilines is 2. The molecule has 2 aromatic heterocycles. The van der Waals surface area contributed by atoms with Crippen molar-refractivity contribution in [3.63, 3.8) is 0 Å². The normalized spacial score (nSPS) is 10.5. The molecule has 0 aliphatic rings. The molecule has 0 atom stereocenters. The first kappa shape index (κ1) is 16.0. The van der Waals surface area contributed by atoms with E-state index in [2.05, 4.69) is 30.5 Å². The van der Waals surface area contributed by atoms with Gasteiger partial charge in [-0.15, -0.1) is 0 Å². The molecule has 118 valence electrons. The summed E-state index contributed by atoms with van der Waals surface area (Å²) in [6.45, 7) is 2.48. The molecule has 7 heteroatoms. The van der Waals surface area contributed by atoms with Crippen molar-refractivity contribution in [3.8, 4) is 5.88 Å². The molecule has 0 bridgehead atoms. The topological polar surface area (TPSA) is 75.2 Å². The highest BCUT2D eigenvalue weighted by Crippen LogP contribution is 2.10. The molecule has 0 radical (unpaired) electrons. The highest BCUT2D eigenvalue weighted by atomic mass is 16.5. The molecule has 0 aromatic carbocycles. The van der Waals surface area contributed by atoms with Crippen LogP contribution < -0.4 is 15.4 Å². The highest BCUT2D eigenvalue weighted by molar-refractivity contribution is 5.38. The van der Waals surface area contributed by atoms with Crippen LogP contribution >= 0.6 is 0 Å². The lowest BCUT2D eigenvalue weighted by molar-refractivity contribution is 0.396. The molecule has 0 unspecified atom stereocenters. The van der Waals surface area contributed by atoms with E-state index in [0.717, 1.165) is 24.5 Å². The summed E-state index contributed by atoms with van der Waals surface area (Å²) in [5, 5.41) is 6.47. The summed E-state index contributed by atoms with van der Waals surface area (Å²) in [6.07, 6.45) is 5.08. The second-order valence-corrected chi connectivity index (χ2v) is 5.08. The minimum atomic E-state index is 0.489. The van der Waals surface area contributed by atoms with E-state index in [4.69, 9.17) is 4.74 Å². The molecule has 7 nitrogen and oxygen atoms in total. The largest absolute Gasteiger partial charge is 0.480 e. The Kier molecular flexibility index (Phi) is 5.91. The Morgan fingerprint density at radius 1 is 1.09 bits per heavy atom. The van der Waals surface area contributed by atoms with Gasteiger partial charge in [0.15, 0.2) is 0 Å². The number of pyridine rings is 1. The molecular formula is C15H22N6O. The number of ether oxygens (including phenoxy) is 1. The Labute approximate surface area is 130 Å². The van der Waals surface area contributed by atoms with Gasteiger partial charge in [0.1, 0.15) is 11.6 Å². The molecule has 0 aliphatic heterocycles. The summed E-state index contributed by atoms with van der Waals surface area (Å²) in [4.78, 5) is 14.8. The third kappa shape index (κ3) is 5.17. The lowest BCUT2D eigenvalue weighted by Gasteiger charge is -2.11. The van der Waals surface area contributed by atoms with Crippen LogP contribution in [0.1, 0.15) is 5.56 Å². The second-order valence-electron chi connectivity index (χ2n) is 5.08. The van der Waals surface area contributed by atoms with Gasteiger partial charge >= 0.3 is 0 Å². The van der Waals surface area contributed by atoms with E-state index in [9.17, 15) is 0 Å². The molecule has 2 N–H and O–H groups in total. The molecule has 0 spiro atoms. The number of nitrogens with zero attached hydrogens (tertiary/aromatic N) is 4. The van der Waals surface area contributed by atoms with Gasteiger partial charge in [0.25, 0.3) is 0 Å². The van der Waals surface area contributed by atoms with Crippen molar-refractivity contribution < 1.29 is 4.74 Å². The smallest absolute Gasteiger partial charge is 0.233 e. The van der Waals surface area contributed by atoms with Crippen molar-refractivity contribution in [2.45, 2.75) is 6.54 Å². The number of aromatic nitrogens is 3. The van der Waals surface area contributed by atoms with Crippen LogP contribution in [-0.4, -0.2) is 54.1 Å². The maximum Gasteiger partial charge on any atom is 0.233 e. The van der Waals surface area contributed by atoms with Crippen LogP contribution in [0.25, 0.3) is 0 Å². The minimum Gasteiger partial charge on any atom is -0.480 e. The summed E-state index contributed by atoms with van der Waals surface area (Å²) in [7, 11) is 5.66. The number of methoxy groups -OCH3 is 1. The molecule has 0 saturated heterocycles. The highest BCUT2D eigenvalue weighted by Gasteiger charge is 2.00.